The molecule has 3 amide bonds. The molecule has 1 N–H and O–H groups in total. The Morgan fingerprint density at radius 2 is 1.97 bits per heavy atom. The molecule has 1 atom stereocenters. The van der Waals surface area contributed by atoms with Crippen molar-refractivity contribution in [3.05, 3.63) is 42.1 Å². The maximum Gasteiger partial charge on any atom is 0.329 e. The van der Waals surface area contributed by atoms with E-state index in [0.717, 1.165) is 16.2 Å². The van der Waals surface area contributed by atoms with E-state index in [1.165, 1.54) is 6.20 Å². The molecule has 0 aliphatic carbocycles. The SMILES string of the molecule is CC1(C)COc2cccc(Oc3ccc(N4C(=O)N[C@H](C(C)(C)C)C4=O)cn3)c21. The predicted octanol–water partition coefficient (Wildman–Crippen LogP) is 4.01. The van der Waals surface area contributed by atoms with Crippen molar-refractivity contribution in [3.63, 3.8) is 0 Å². The molecule has 29 heavy (non-hydrogen) atoms. The Hall–Kier alpha value is -3.09. The summed E-state index contributed by atoms with van der Waals surface area (Å²) < 4.78 is 11.8. The summed E-state index contributed by atoms with van der Waals surface area (Å²) in [4.78, 5) is 30.5. The van der Waals surface area contributed by atoms with Crippen molar-refractivity contribution >= 4 is 17.6 Å². The molecule has 0 saturated carbocycles. The molecule has 1 aromatic heterocycles. The van der Waals surface area contributed by atoms with Gasteiger partial charge in [0.15, 0.2) is 0 Å². The first kappa shape index (κ1) is 19.2. The van der Waals surface area contributed by atoms with E-state index in [4.69, 9.17) is 9.47 Å². The predicted molar refractivity (Wildman–Crippen MR) is 109 cm³/mol. The van der Waals surface area contributed by atoms with E-state index in [1.807, 2.05) is 39.0 Å². The Kier molecular flexibility index (Phi) is 4.29. The molecule has 2 aromatic rings. The largest absolute Gasteiger partial charge is 0.492 e. The van der Waals surface area contributed by atoms with Crippen LogP contribution in [0.15, 0.2) is 36.5 Å². The molecule has 7 nitrogen and oxygen atoms in total. The third kappa shape index (κ3) is 3.30. The Balaban J connectivity index is 1.57. The van der Waals surface area contributed by atoms with Crippen molar-refractivity contribution in [3.8, 4) is 17.4 Å². The Bertz CT molecular complexity index is 977. The van der Waals surface area contributed by atoms with Crippen LogP contribution in [0, 0.1) is 5.41 Å². The van der Waals surface area contributed by atoms with Gasteiger partial charge in [0.2, 0.25) is 5.88 Å². The number of anilines is 1. The number of fused-ring (bicyclic) bond motifs is 1. The fourth-order valence-electron chi connectivity index (χ4n) is 3.70. The molecule has 7 heteroatoms. The lowest BCUT2D eigenvalue weighted by Crippen LogP contribution is -2.41. The Morgan fingerprint density at radius 1 is 1.21 bits per heavy atom. The van der Waals surface area contributed by atoms with Crippen LogP contribution in [0.25, 0.3) is 0 Å². The molecule has 1 fully saturated rings. The smallest absolute Gasteiger partial charge is 0.329 e. The van der Waals surface area contributed by atoms with Crippen LogP contribution in [0.3, 0.4) is 0 Å². The highest BCUT2D eigenvalue weighted by atomic mass is 16.5. The summed E-state index contributed by atoms with van der Waals surface area (Å²) in [6.07, 6.45) is 1.47. The maximum absolute atomic E-state index is 12.7. The molecule has 152 valence electrons. The van der Waals surface area contributed by atoms with Crippen LogP contribution in [0.4, 0.5) is 10.5 Å². The molecule has 2 aliphatic heterocycles. The number of carbonyl (C=O) groups is 2. The van der Waals surface area contributed by atoms with Crippen LogP contribution >= 0.6 is 0 Å². The number of rotatable bonds is 3. The number of hydrogen-bond donors (Lipinski definition) is 1. The van der Waals surface area contributed by atoms with Crippen molar-refractivity contribution in [1.29, 1.82) is 0 Å². The number of aromatic nitrogens is 1. The number of amides is 3. The van der Waals surface area contributed by atoms with E-state index in [0.29, 0.717) is 23.9 Å². The number of carbonyl (C=O) groups excluding carboxylic acids is 2. The fraction of sp³-hybridized carbons (Fsp3) is 0.409. The Morgan fingerprint density at radius 3 is 2.59 bits per heavy atom. The van der Waals surface area contributed by atoms with Crippen molar-refractivity contribution < 1.29 is 19.1 Å². The fourth-order valence-corrected chi connectivity index (χ4v) is 3.70. The van der Waals surface area contributed by atoms with Gasteiger partial charge in [0.25, 0.3) is 5.91 Å². The van der Waals surface area contributed by atoms with Gasteiger partial charge in [-0.25, -0.2) is 14.7 Å². The van der Waals surface area contributed by atoms with Gasteiger partial charge in [-0.05, 0) is 23.6 Å². The molecule has 3 heterocycles. The molecular formula is C22H25N3O4. The van der Waals surface area contributed by atoms with Gasteiger partial charge < -0.3 is 14.8 Å². The number of hydrogen-bond acceptors (Lipinski definition) is 5. The van der Waals surface area contributed by atoms with Crippen LogP contribution in [0.2, 0.25) is 0 Å². The zero-order valence-corrected chi connectivity index (χ0v) is 17.3. The highest BCUT2D eigenvalue weighted by Gasteiger charge is 2.45. The normalized spacial score (nSPS) is 20.3. The minimum atomic E-state index is -0.569. The molecular weight excluding hydrogens is 370 g/mol. The molecule has 0 spiro atoms. The minimum Gasteiger partial charge on any atom is -0.492 e. The first-order chi connectivity index (χ1) is 13.6. The van der Waals surface area contributed by atoms with E-state index in [2.05, 4.69) is 24.1 Å². The van der Waals surface area contributed by atoms with Gasteiger partial charge >= 0.3 is 6.03 Å². The second kappa shape index (κ2) is 6.47. The Labute approximate surface area is 170 Å². The van der Waals surface area contributed by atoms with Gasteiger partial charge in [-0.3, -0.25) is 4.79 Å². The number of urea groups is 1. The quantitative estimate of drug-likeness (QED) is 0.794. The maximum atomic E-state index is 12.7. The number of imide groups is 1. The standard InChI is InChI=1S/C22H25N3O4/c1-21(2,3)18-19(26)25(20(27)24-18)13-9-10-16(23-11-13)29-15-8-6-7-14-17(15)22(4,5)12-28-14/h6-11,18H,12H2,1-5H3,(H,24,27)/t18-/m0/s1. The lowest BCUT2D eigenvalue weighted by molar-refractivity contribution is -0.120. The molecule has 0 radical (unpaired) electrons. The van der Waals surface area contributed by atoms with Crippen molar-refractivity contribution in [1.82, 2.24) is 10.3 Å². The number of benzene rings is 1. The van der Waals surface area contributed by atoms with Crippen LogP contribution in [0.1, 0.15) is 40.2 Å². The number of nitrogens with one attached hydrogen (secondary N) is 1. The van der Waals surface area contributed by atoms with Crippen LogP contribution < -0.4 is 19.7 Å². The average molecular weight is 395 g/mol. The summed E-state index contributed by atoms with van der Waals surface area (Å²) in [5, 5.41) is 2.75. The zero-order valence-electron chi connectivity index (χ0n) is 17.3. The van der Waals surface area contributed by atoms with Crippen molar-refractivity contribution in [2.45, 2.75) is 46.1 Å². The molecule has 0 unspecified atom stereocenters. The van der Waals surface area contributed by atoms with Crippen LogP contribution in [-0.4, -0.2) is 29.6 Å². The first-order valence-electron chi connectivity index (χ1n) is 9.62. The molecule has 0 bridgehead atoms. The third-order valence-electron chi connectivity index (χ3n) is 5.25. The van der Waals surface area contributed by atoms with E-state index in [1.54, 1.807) is 12.1 Å². The average Bonchev–Trinajstić information content (AvgIpc) is 3.12. The minimum absolute atomic E-state index is 0.159. The van der Waals surface area contributed by atoms with Gasteiger partial charge in [-0.1, -0.05) is 40.7 Å². The monoisotopic (exact) mass is 395 g/mol. The lowest BCUT2D eigenvalue weighted by Gasteiger charge is -2.24. The first-order valence-corrected chi connectivity index (χ1v) is 9.62. The molecule has 1 aromatic carbocycles. The van der Waals surface area contributed by atoms with Crippen molar-refractivity contribution in [2.75, 3.05) is 11.5 Å². The van der Waals surface area contributed by atoms with E-state index in [9.17, 15) is 9.59 Å². The highest BCUT2D eigenvalue weighted by molar-refractivity contribution is 6.21. The number of ether oxygens (including phenoxy) is 2. The van der Waals surface area contributed by atoms with Gasteiger partial charge in [0.1, 0.15) is 17.5 Å². The third-order valence-corrected chi connectivity index (χ3v) is 5.25. The second-order valence-electron chi connectivity index (χ2n) is 9.18. The van der Waals surface area contributed by atoms with Gasteiger partial charge in [0.05, 0.1) is 18.5 Å². The summed E-state index contributed by atoms with van der Waals surface area (Å²) in [5.74, 6) is 1.60. The summed E-state index contributed by atoms with van der Waals surface area (Å²) in [5.41, 5.74) is 0.885. The highest BCUT2D eigenvalue weighted by Crippen LogP contribution is 2.45. The lowest BCUT2D eigenvalue weighted by atomic mass is 9.86. The summed E-state index contributed by atoms with van der Waals surface area (Å²) in [7, 11) is 0. The van der Waals surface area contributed by atoms with E-state index >= 15 is 0 Å². The topological polar surface area (TPSA) is 80.8 Å². The molecule has 2 aliphatic rings. The molecule has 4 rings (SSSR count). The second-order valence-corrected chi connectivity index (χ2v) is 9.18. The summed E-state index contributed by atoms with van der Waals surface area (Å²) >= 11 is 0. The van der Waals surface area contributed by atoms with E-state index in [-0.39, 0.29) is 16.7 Å². The van der Waals surface area contributed by atoms with Gasteiger partial charge in [-0.15, -0.1) is 0 Å². The van der Waals surface area contributed by atoms with E-state index < -0.39 is 12.1 Å². The summed E-state index contributed by atoms with van der Waals surface area (Å²) in [6.45, 7) is 10.5. The summed E-state index contributed by atoms with van der Waals surface area (Å²) in [6, 6.07) is 8.00. The zero-order chi connectivity index (χ0) is 21.0. The molecule has 1 saturated heterocycles. The van der Waals surface area contributed by atoms with Gasteiger partial charge in [0, 0.05) is 17.0 Å². The number of pyridine rings is 1. The van der Waals surface area contributed by atoms with Crippen LogP contribution in [-0.2, 0) is 10.2 Å². The van der Waals surface area contributed by atoms with Crippen LogP contribution in [0.5, 0.6) is 17.4 Å². The van der Waals surface area contributed by atoms with Gasteiger partial charge in [-0.2, -0.15) is 0 Å². The van der Waals surface area contributed by atoms with Crippen molar-refractivity contribution in [2.24, 2.45) is 5.41 Å². The number of nitrogens with zero attached hydrogens (tertiary/aromatic N) is 2.